The number of aliphatic hydroxyl groups excluding tert-OH is 1. The summed E-state index contributed by atoms with van der Waals surface area (Å²) >= 11 is 4.80. The number of aromatic nitrogens is 2. The number of nitrogens with zero attached hydrogens (tertiary/aromatic N) is 2. The van der Waals surface area contributed by atoms with E-state index in [-0.39, 0.29) is 17.1 Å². The number of nitrogens with two attached hydrogens (primary N) is 1. The van der Waals surface area contributed by atoms with E-state index in [4.69, 9.17) is 18.0 Å². The van der Waals surface area contributed by atoms with Gasteiger partial charge in [-0.3, -0.25) is 0 Å². The maximum Gasteiger partial charge on any atom is 0.144 e. The van der Waals surface area contributed by atoms with Gasteiger partial charge in [0, 0.05) is 0 Å². The highest BCUT2D eigenvalue weighted by Gasteiger charge is 2.22. The van der Waals surface area contributed by atoms with Gasteiger partial charge in [-0.1, -0.05) is 25.1 Å². The lowest BCUT2D eigenvalue weighted by Crippen LogP contribution is -2.36. The Morgan fingerprint density at radius 3 is 2.71 bits per heavy atom. The lowest BCUT2D eigenvalue weighted by molar-refractivity contribution is 0.116. The van der Waals surface area contributed by atoms with Gasteiger partial charge in [0.15, 0.2) is 0 Å². The van der Waals surface area contributed by atoms with E-state index in [0.29, 0.717) is 11.5 Å². The fourth-order valence-corrected chi connectivity index (χ4v) is 2.10. The Balaban J connectivity index is 2.00. The Morgan fingerprint density at radius 1 is 1.35 bits per heavy atom. The Labute approximate surface area is 105 Å². The minimum Gasteiger partial charge on any atom is -0.391 e. The molecule has 92 valence electrons. The average molecular weight is 252 g/mol. The molecule has 17 heavy (non-hydrogen) atoms. The minimum atomic E-state index is -0.305. The Bertz CT molecular complexity index is 395. The number of nitrogens with one attached hydrogen (secondary N) is 1. The Kier molecular flexibility index (Phi) is 3.86. The van der Waals surface area contributed by atoms with Crippen LogP contribution in [0.4, 0.5) is 5.82 Å². The maximum absolute atomic E-state index is 9.82. The highest BCUT2D eigenvalue weighted by molar-refractivity contribution is 7.80. The summed E-state index contributed by atoms with van der Waals surface area (Å²) in [6, 6.07) is 0.0636. The summed E-state index contributed by atoms with van der Waals surface area (Å²) in [7, 11) is 0. The van der Waals surface area contributed by atoms with Crippen molar-refractivity contribution in [2.24, 2.45) is 5.73 Å². The second kappa shape index (κ2) is 5.37. The summed E-state index contributed by atoms with van der Waals surface area (Å²) < 4.78 is 0. The van der Waals surface area contributed by atoms with E-state index >= 15 is 0 Å². The van der Waals surface area contributed by atoms with Crippen LogP contribution in [0.1, 0.15) is 31.4 Å². The van der Waals surface area contributed by atoms with Crippen molar-refractivity contribution < 1.29 is 5.11 Å². The molecular formula is C11H16N4OS. The molecule has 5 nitrogen and oxygen atoms in total. The molecule has 1 aliphatic rings. The van der Waals surface area contributed by atoms with Crippen molar-refractivity contribution in [3.8, 4) is 0 Å². The molecule has 1 aromatic heterocycles. The van der Waals surface area contributed by atoms with E-state index in [9.17, 15) is 5.11 Å². The summed E-state index contributed by atoms with van der Waals surface area (Å²) in [6.07, 6.45) is 6.85. The predicted octanol–water partition coefficient (Wildman–Crippen LogP) is 0.826. The van der Waals surface area contributed by atoms with Crippen LogP contribution in [0.5, 0.6) is 0 Å². The van der Waals surface area contributed by atoms with Crippen molar-refractivity contribution >= 4 is 23.0 Å². The van der Waals surface area contributed by atoms with Gasteiger partial charge in [0.2, 0.25) is 0 Å². The Hall–Kier alpha value is -1.27. The van der Waals surface area contributed by atoms with Crippen LogP contribution in [0.2, 0.25) is 0 Å². The van der Waals surface area contributed by atoms with Gasteiger partial charge in [-0.2, -0.15) is 0 Å². The van der Waals surface area contributed by atoms with Crippen molar-refractivity contribution in [3.05, 3.63) is 18.1 Å². The zero-order valence-electron chi connectivity index (χ0n) is 9.47. The maximum atomic E-state index is 9.82. The van der Waals surface area contributed by atoms with E-state index < -0.39 is 0 Å². The van der Waals surface area contributed by atoms with Crippen molar-refractivity contribution in [1.82, 2.24) is 9.97 Å². The molecule has 6 heteroatoms. The van der Waals surface area contributed by atoms with Gasteiger partial charge in [-0.25, -0.2) is 9.97 Å². The zero-order valence-corrected chi connectivity index (χ0v) is 10.3. The van der Waals surface area contributed by atoms with Gasteiger partial charge in [0.1, 0.15) is 16.5 Å². The van der Waals surface area contributed by atoms with E-state index in [2.05, 4.69) is 15.3 Å². The van der Waals surface area contributed by atoms with Gasteiger partial charge >= 0.3 is 0 Å². The topological polar surface area (TPSA) is 84.1 Å². The molecule has 0 radical (unpaired) electrons. The standard InChI is InChI=1S/C11H16N4OS/c12-11(17)8-5-14-10(6-13-8)15-7-3-1-2-4-9(7)16/h5-7,9,16H,1-4H2,(H2,12,17)(H,14,15). The number of rotatable bonds is 3. The third-order valence-corrected chi connectivity index (χ3v) is 3.18. The largest absolute Gasteiger partial charge is 0.391 e. The minimum absolute atomic E-state index is 0.0636. The monoisotopic (exact) mass is 252 g/mol. The van der Waals surface area contributed by atoms with E-state index in [0.717, 1.165) is 25.7 Å². The normalized spacial score (nSPS) is 24.3. The number of anilines is 1. The van der Waals surface area contributed by atoms with Crippen LogP contribution in [0.3, 0.4) is 0 Å². The second-order valence-electron chi connectivity index (χ2n) is 4.25. The Morgan fingerprint density at radius 2 is 2.12 bits per heavy atom. The van der Waals surface area contributed by atoms with Crippen LogP contribution in [0, 0.1) is 0 Å². The molecule has 1 aromatic rings. The number of thiocarbonyl (C=S) groups is 1. The van der Waals surface area contributed by atoms with Crippen molar-refractivity contribution in [2.45, 2.75) is 37.8 Å². The molecule has 0 spiro atoms. The number of aliphatic hydroxyl groups is 1. The SMILES string of the molecule is NC(=S)c1cnc(NC2CCCCC2O)cn1. The van der Waals surface area contributed by atoms with Crippen LogP contribution in [-0.4, -0.2) is 32.2 Å². The molecule has 0 aromatic carbocycles. The smallest absolute Gasteiger partial charge is 0.144 e. The van der Waals surface area contributed by atoms with E-state index in [1.54, 1.807) is 12.4 Å². The van der Waals surface area contributed by atoms with Crippen LogP contribution in [0.15, 0.2) is 12.4 Å². The van der Waals surface area contributed by atoms with Crippen LogP contribution in [-0.2, 0) is 0 Å². The molecule has 1 heterocycles. The summed E-state index contributed by atoms with van der Waals surface area (Å²) in [6.45, 7) is 0. The summed E-state index contributed by atoms with van der Waals surface area (Å²) in [5.74, 6) is 0.649. The van der Waals surface area contributed by atoms with Gasteiger partial charge in [0.25, 0.3) is 0 Å². The van der Waals surface area contributed by atoms with Gasteiger partial charge < -0.3 is 16.2 Å². The van der Waals surface area contributed by atoms with E-state index in [1.807, 2.05) is 0 Å². The van der Waals surface area contributed by atoms with Crippen molar-refractivity contribution in [1.29, 1.82) is 0 Å². The highest BCUT2D eigenvalue weighted by Crippen LogP contribution is 2.21. The van der Waals surface area contributed by atoms with E-state index in [1.165, 1.54) is 0 Å². The number of hydrogen-bond donors (Lipinski definition) is 3. The summed E-state index contributed by atoms with van der Waals surface area (Å²) in [5, 5.41) is 13.0. The van der Waals surface area contributed by atoms with Crippen LogP contribution < -0.4 is 11.1 Å². The van der Waals surface area contributed by atoms with Gasteiger partial charge in [-0.05, 0) is 12.8 Å². The van der Waals surface area contributed by atoms with Gasteiger partial charge in [-0.15, -0.1) is 0 Å². The first-order chi connectivity index (χ1) is 8.16. The first kappa shape index (κ1) is 12.2. The quantitative estimate of drug-likeness (QED) is 0.691. The molecule has 2 unspecified atom stereocenters. The fraction of sp³-hybridized carbons (Fsp3) is 0.545. The summed E-state index contributed by atoms with van der Waals surface area (Å²) in [4.78, 5) is 8.51. The molecule has 1 aliphatic carbocycles. The summed E-state index contributed by atoms with van der Waals surface area (Å²) in [5.41, 5.74) is 5.95. The fourth-order valence-electron chi connectivity index (χ4n) is 2.00. The molecule has 2 rings (SSSR count). The second-order valence-corrected chi connectivity index (χ2v) is 4.69. The number of hydrogen-bond acceptors (Lipinski definition) is 5. The van der Waals surface area contributed by atoms with Crippen molar-refractivity contribution in [3.63, 3.8) is 0 Å². The molecule has 1 saturated carbocycles. The van der Waals surface area contributed by atoms with Crippen LogP contribution in [0.25, 0.3) is 0 Å². The molecule has 0 saturated heterocycles. The zero-order chi connectivity index (χ0) is 12.3. The molecule has 0 aliphatic heterocycles. The van der Waals surface area contributed by atoms with Gasteiger partial charge in [0.05, 0.1) is 24.5 Å². The molecule has 4 N–H and O–H groups in total. The first-order valence-corrected chi connectivity index (χ1v) is 6.14. The lowest BCUT2D eigenvalue weighted by atomic mass is 9.93. The molecule has 1 fully saturated rings. The van der Waals surface area contributed by atoms with Crippen LogP contribution >= 0.6 is 12.2 Å². The third-order valence-electron chi connectivity index (χ3n) is 2.97. The predicted molar refractivity (Wildman–Crippen MR) is 69.8 cm³/mol. The lowest BCUT2D eigenvalue weighted by Gasteiger charge is -2.28. The molecule has 0 amide bonds. The van der Waals surface area contributed by atoms with Crippen molar-refractivity contribution in [2.75, 3.05) is 5.32 Å². The molecular weight excluding hydrogens is 236 g/mol. The average Bonchev–Trinajstić information content (AvgIpc) is 2.33. The molecule has 0 bridgehead atoms. The first-order valence-electron chi connectivity index (χ1n) is 5.73. The highest BCUT2D eigenvalue weighted by atomic mass is 32.1. The molecule has 2 atom stereocenters. The third kappa shape index (κ3) is 3.10.